The lowest BCUT2D eigenvalue weighted by Gasteiger charge is -2.32. The van der Waals surface area contributed by atoms with Crippen LogP contribution in [0.1, 0.15) is 5.56 Å². The van der Waals surface area contributed by atoms with E-state index in [1.165, 1.54) is 4.90 Å². The fraction of sp³-hybridized carbons (Fsp3) is 0.333. The summed E-state index contributed by atoms with van der Waals surface area (Å²) in [6, 6.07) is 16.3. The van der Waals surface area contributed by atoms with Crippen LogP contribution in [0.3, 0.4) is 0 Å². The summed E-state index contributed by atoms with van der Waals surface area (Å²) in [7, 11) is 0. The number of nitrogens with one attached hydrogen (secondary N) is 1. The second kappa shape index (κ2) is 9.98. The smallest absolute Gasteiger partial charge is 0.260 e. The van der Waals surface area contributed by atoms with E-state index in [9.17, 15) is 4.79 Å². The quantitative estimate of drug-likeness (QED) is 0.762. The SMILES string of the molecule is N#Cc1ccccc1OCC(=O)N1CC[NH+](CCOc2ccc(Cl)cc2)CC1. The average Bonchev–Trinajstić information content (AvgIpc) is 2.74. The summed E-state index contributed by atoms with van der Waals surface area (Å²) in [4.78, 5) is 15.6. The molecule has 1 fully saturated rings. The Morgan fingerprint density at radius 2 is 1.82 bits per heavy atom. The molecule has 146 valence electrons. The summed E-state index contributed by atoms with van der Waals surface area (Å²) in [5.74, 6) is 1.21. The van der Waals surface area contributed by atoms with Crippen LogP contribution in [0.15, 0.2) is 48.5 Å². The molecule has 0 radical (unpaired) electrons. The Hall–Kier alpha value is -2.75. The highest BCUT2D eigenvalue weighted by Gasteiger charge is 2.24. The Morgan fingerprint density at radius 3 is 2.54 bits per heavy atom. The van der Waals surface area contributed by atoms with E-state index in [0.29, 0.717) is 36.0 Å². The van der Waals surface area contributed by atoms with E-state index >= 15 is 0 Å². The number of piperazine rings is 1. The van der Waals surface area contributed by atoms with Crippen LogP contribution < -0.4 is 14.4 Å². The number of carbonyl (C=O) groups is 1. The zero-order valence-electron chi connectivity index (χ0n) is 15.6. The molecule has 1 amide bonds. The number of rotatable bonds is 7. The maximum Gasteiger partial charge on any atom is 0.260 e. The third kappa shape index (κ3) is 5.62. The third-order valence-corrected chi connectivity index (χ3v) is 4.97. The van der Waals surface area contributed by atoms with Crippen molar-refractivity contribution in [2.75, 3.05) is 45.9 Å². The maximum atomic E-state index is 12.4. The number of nitrogens with zero attached hydrogens (tertiary/aromatic N) is 2. The van der Waals surface area contributed by atoms with Crippen molar-refractivity contribution in [1.29, 1.82) is 5.26 Å². The molecule has 7 heteroatoms. The predicted octanol–water partition coefficient (Wildman–Crippen LogP) is 1.40. The van der Waals surface area contributed by atoms with Gasteiger partial charge in [0, 0.05) is 5.02 Å². The molecule has 0 spiro atoms. The largest absolute Gasteiger partial charge is 0.488 e. The molecular weight excluding hydrogens is 378 g/mol. The van der Waals surface area contributed by atoms with Gasteiger partial charge < -0.3 is 19.3 Å². The lowest BCUT2D eigenvalue weighted by Crippen LogP contribution is -3.15. The van der Waals surface area contributed by atoms with E-state index in [-0.39, 0.29) is 12.5 Å². The molecule has 6 nitrogen and oxygen atoms in total. The fourth-order valence-electron chi connectivity index (χ4n) is 3.08. The molecule has 1 aliphatic rings. The van der Waals surface area contributed by atoms with Crippen molar-refractivity contribution in [3.05, 3.63) is 59.1 Å². The van der Waals surface area contributed by atoms with Crippen molar-refractivity contribution in [2.24, 2.45) is 0 Å². The minimum atomic E-state index is -0.0517. The summed E-state index contributed by atoms with van der Waals surface area (Å²) < 4.78 is 11.3. The number of halogens is 1. The van der Waals surface area contributed by atoms with Gasteiger partial charge in [0.1, 0.15) is 30.7 Å². The van der Waals surface area contributed by atoms with Crippen LogP contribution in [0, 0.1) is 11.3 Å². The molecular formula is C21H23ClN3O3+. The highest BCUT2D eigenvalue weighted by Crippen LogP contribution is 2.16. The molecule has 0 bridgehead atoms. The van der Waals surface area contributed by atoms with Crippen molar-refractivity contribution < 1.29 is 19.2 Å². The number of hydrogen-bond acceptors (Lipinski definition) is 4. The topological polar surface area (TPSA) is 67.0 Å². The molecule has 0 aliphatic carbocycles. The van der Waals surface area contributed by atoms with E-state index in [0.717, 1.165) is 25.4 Å². The summed E-state index contributed by atoms with van der Waals surface area (Å²) in [6.45, 7) is 4.61. The molecule has 2 aromatic rings. The number of benzene rings is 2. The van der Waals surface area contributed by atoms with Gasteiger partial charge in [-0.2, -0.15) is 5.26 Å². The van der Waals surface area contributed by atoms with E-state index in [1.807, 2.05) is 29.2 Å². The standard InChI is InChI=1S/C21H22ClN3O3/c22-18-5-7-19(8-6-18)27-14-13-24-9-11-25(12-10-24)21(26)16-28-20-4-2-1-3-17(20)15-23/h1-8H,9-14,16H2/p+1. The Kier molecular flexibility index (Phi) is 7.12. The first kappa shape index (κ1) is 20.0. The van der Waals surface area contributed by atoms with Crippen LogP contribution >= 0.6 is 11.6 Å². The second-order valence-electron chi connectivity index (χ2n) is 6.58. The van der Waals surface area contributed by atoms with Crippen LogP contribution in [-0.2, 0) is 4.79 Å². The van der Waals surface area contributed by atoms with Gasteiger partial charge in [0.05, 0.1) is 31.7 Å². The molecule has 2 aromatic carbocycles. The van der Waals surface area contributed by atoms with Gasteiger partial charge in [-0.15, -0.1) is 0 Å². The van der Waals surface area contributed by atoms with Crippen molar-refractivity contribution >= 4 is 17.5 Å². The number of carbonyl (C=O) groups excluding carboxylic acids is 1. The minimum absolute atomic E-state index is 0.0479. The molecule has 0 saturated carbocycles. The molecule has 1 N–H and O–H groups in total. The number of nitriles is 1. The van der Waals surface area contributed by atoms with Crippen molar-refractivity contribution in [3.63, 3.8) is 0 Å². The van der Waals surface area contributed by atoms with Crippen LogP contribution in [0.2, 0.25) is 5.02 Å². The van der Waals surface area contributed by atoms with E-state index in [4.69, 9.17) is 26.3 Å². The lowest BCUT2D eigenvalue weighted by molar-refractivity contribution is -0.904. The number of hydrogen-bond donors (Lipinski definition) is 1. The summed E-state index contributed by atoms with van der Waals surface area (Å²) in [5, 5.41) is 9.77. The monoisotopic (exact) mass is 400 g/mol. The summed E-state index contributed by atoms with van der Waals surface area (Å²) >= 11 is 5.86. The van der Waals surface area contributed by atoms with Gasteiger partial charge in [-0.05, 0) is 36.4 Å². The highest BCUT2D eigenvalue weighted by molar-refractivity contribution is 6.30. The predicted molar refractivity (Wildman–Crippen MR) is 106 cm³/mol. The Labute approximate surface area is 169 Å². The maximum absolute atomic E-state index is 12.4. The minimum Gasteiger partial charge on any atom is -0.488 e. The van der Waals surface area contributed by atoms with Crippen LogP contribution in [0.5, 0.6) is 11.5 Å². The van der Waals surface area contributed by atoms with Gasteiger partial charge in [0.15, 0.2) is 6.61 Å². The molecule has 0 aromatic heterocycles. The number of quaternary nitrogens is 1. The Morgan fingerprint density at radius 1 is 1.11 bits per heavy atom. The van der Waals surface area contributed by atoms with Crippen LogP contribution in [0.25, 0.3) is 0 Å². The van der Waals surface area contributed by atoms with Gasteiger partial charge in [0.25, 0.3) is 5.91 Å². The zero-order valence-corrected chi connectivity index (χ0v) is 16.3. The Balaban J connectivity index is 1.37. The number of amides is 1. The normalized spacial score (nSPS) is 14.4. The first-order chi connectivity index (χ1) is 13.7. The fourth-order valence-corrected chi connectivity index (χ4v) is 3.21. The van der Waals surface area contributed by atoms with Gasteiger partial charge in [-0.3, -0.25) is 4.79 Å². The molecule has 0 atom stereocenters. The van der Waals surface area contributed by atoms with E-state index in [1.54, 1.807) is 24.3 Å². The molecule has 1 aliphatic heterocycles. The van der Waals surface area contributed by atoms with E-state index < -0.39 is 0 Å². The first-order valence-corrected chi connectivity index (χ1v) is 9.65. The highest BCUT2D eigenvalue weighted by atomic mass is 35.5. The van der Waals surface area contributed by atoms with Crippen LogP contribution in [0.4, 0.5) is 0 Å². The second-order valence-corrected chi connectivity index (χ2v) is 7.02. The first-order valence-electron chi connectivity index (χ1n) is 9.27. The molecule has 1 saturated heterocycles. The van der Waals surface area contributed by atoms with Gasteiger partial charge in [0.2, 0.25) is 0 Å². The molecule has 28 heavy (non-hydrogen) atoms. The van der Waals surface area contributed by atoms with Gasteiger partial charge in [-0.25, -0.2) is 0 Å². The number of ether oxygens (including phenoxy) is 2. The van der Waals surface area contributed by atoms with Crippen molar-refractivity contribution in [3.8, 4) is 17.6 Å². The number of para-hydroxylation sites is 1. The third-order valence-electron chi connectivity index (χ3n) is 4.72. The molecule has 3 rings (SSSR count). The van der Waals surface area contributed by atoms with Crippen molar-refractivity contribution in [2.45, 2.75) is 0 Å². The summed E-state index contributed by atoms with van der Waals surface area (Å²) in [5.41, 5.74) is 0.435. The van der Waals surface area contributed by atoms with Gasteiger partial charge >= 0.3 is 0 Å². The Bertz CT molecular complexity index is 828. The van der Waals surface area contributed by atoms with E-state index in [2.05, 4.69) is 6.07 Å². The zero-order chi connectivity index (χ0) is 19.8. The summed E-state index contributed by atoms with van der Waals surface area (Å²) in [6.07, 6.45) is 0. The molecule has 1 heterocycles. The van der Waals surface area contributed by atoms with Crippen LogP contribution in [-0.4, -0.2) is 56.7 Å². The average molecular weight is 401 g/mol. The van der Waals surface area contributed by atoms with Gasteiger partial charge in [-0.1, -0.05) is 23.7 Å². The molecule has 0 unspecified atom stereocenters. The lowest BCUT2D eigenvalue weighted by atomic mass is 10.2. The van der Waals surface area contributed by atoms with Crippen molar-refractivity contribution in [1.82, 2.24) is 4.90 Å².